The lowest BCUT2D eigenvalue weighted by atomic mass is 9.94. The Morgan fingerprint density at radius 2 is 1.93 bits per heavy atom. The second-order valence-corrected chi connectivity index (χ2v) is 9.80. The summed E-state index contributed by atoms with van der Waals surface area (Å²) in [5, 5.41) is 4.83. The highest BCUT2D eigenvalue weighted by Gasteiger charge is 2.21. The lowest BCUT2D eigenvalue weighted by molar-refractivity contribution is 0.459. The number of sulfone groups is 1. The quantitative estimate of drug-likeness (QED) is 0.444. The standard InChI is InChI=1S/C21H17BrFN3O3S/c1-30(27,28)20-9-8-16(23)18(25-20)11-17(24)13-4-2-3-5-14(13)21-15-7-6-12(22)10-19(15)29-26-21/h2-10,17H,11,24H2,1H3. The van der Waals surface area contributed by atoms with Gasteiger partial charge in [0.2, 0.25) is 0 Å². The molecule has 0 amide bonds. The van der Waals surface area contributed by atoms with Crippen LogP contribution in [0.5, 0.6) is 0 Å². The highest BCUT2D eigenvalue weighted by molar-refractivity contribution is 9.10. The minimum absolute atomic E-state index is 0.00540. The Bertz CT molecular complexity index is 1350. The fourth-order valence-electron chi connectivity index (χ4n) is 3.27. The van der Waals surface area contributed by atoms with Gasteiger partial charge in [0.1, 0.15) is 11.5 Å². The topological polar surface area (TPSA) is 99.1 Å². The zero-order valence-corrected chi connectivity index (χ0v) is 18.2. The van der Waals surface area contributed by atoms with Crippen LogP contribution >= 0.6 is 15.9 Å². The smallest absolute Gasteiger partial charge is 0.192 e. The maximum atomic E-state index is 14.3. The van der Waals surface area contributed by atoms with Gasteiger partial charge in [0.15, 0.2) is 20.4 Å². The van der Waals surface area contributed by atoms with E-state index in [9.17, 15) is 12.8 Å². The first-order chi connectivity index (χ1) is 14.2. The van der Waals surface area contributed by atoms with Gasteiger partial charge in [-0.3, -0.25) is 0 Å². The van der Waals surface area contributed by atoms with Crippen LogP contribution in [0.1, 0.15) is 17.3 Å². The number of rotatable bonds is 5. The average Bonchev–Trinajstić information content (AvgIpc) is 3.11. The largest absolute Gasteiger partial charge is 0.356 e. The number of nitrogens with two attached hydrogens (primary N) is 1. The van der Waals surface area contributed by atoms with Crippen LogP contribution in [0.25, 0.3) is 22.2 Å². The second kappa shape index (κ2) is 7.90. The summed E-state index contributed by atoms with van der Waals surface area (Å²) in [6.07, 6.45) is 1.05. The number of pyridine rings is 1. The third-order valence-electron chi connectivity index (χ3n) is 4.74. The van der Waals surface area contributed by atoms with E-state index in [0.29, 0.717) is 11.3 Å². The molecule has 30 heavy (non-hydrogen) atoms. The number of halogens is 2. The van der Waals surface area contributed by atoms with Gasteiger partial charge in [0.05, 0.1) is 5.69 Å². The van der Waals surface area contributed by atoms with Crippen molar-refractivity contribution in [3.63, 3.8) is 0 Å². The summed E-state index contributed by atoms with van der Waals surface area (Å²) in [6.45, 7) is 0. The molecule has 0 aliphatic rings. The molecule has 0 aliphatic heterocycles. The van der Waals surface area contributed by atoms with E-state index in [-0.39, 0.29) is 17.1 Å². The molecular weight excluding hydrogens is 473 g/mol. The zero-order chi connectivity index (χ0) is 21.5. The Morgan fingerprint density at radius 1 is 1.17 bits per heavy atom. The van der Waals surface area contributed by atoms with Crippen LogP contribution in [0, 0.1) is 5.82 Å². The SMILES string of the molecule is CS(=O)(=O)c1ccc(F)c(CC(N)c2ccccc2-c2noc3cc(Br)ccc23)n1. The molecule has 0 fully saturated rings. The van der Waals surface area contributed by atoms with Gasteiger partial charge in [0.25, 0.3) is 0 Å². The maximum Gasteiger partial charge on any atom is 0.192 e. The van der Waals surface area contributed by atoms with Crippen LogP contribution in [0.15, 0.2) is 68.6 Å². The van der Waals surface area contributed by atoms with Gasteiger partial charge >= 0.3 is 0 Å². The van der Waals surface area contributed by atoms with Crippen LogP contribution in [0.2, 0.25) is 0 Å². The predicted molar refractivity (Wildman–Crippen MR) is 115 cm³/mol. The number of fused-ring (bicyclic) bond motifs is 1. The van der Waals surface area contributed by atoms with Crippen molar-refractivity contribution in [2.45, 2.75) is 17.5 Å². The third-order valence-corrected chi connectivity index (χ3v) is 6.22. The van der Waals surface area contributed by atoms with Crippen LogP contribution in [-0.2, 0) is 16.3 Å². The minimum Gasteiger partial charge on any atom is -0.356 e. The highest BCUT2D eigenvalue weighted by Crippen LogP contribution is 2.34. The molecule has 2 heterocycles. The van der Waals surface area contributed by atoms with Gasteiger partial charge in [0, 0.05) is 34.1 Å². The fraction of sp³-hybridized carbons (Fsp3) is 0.143. The molecule has 1 atom stereocenters. The number of hydrogen-bond donors (Lipinski definition) is 1. The van der Waals surface area contributed by atoms with Crippen molar-refractivity contribution >= 4 is 36.7 Å². The maximum absolute atomic E-state index is 14.3. The monoisotopic (exact) mass is 489 g/mol. The molecule has 9 heteroatoms. The van der Waals surface area contributed by atoms with Crippen LogP contribution in [0.4, 0.5) is 4.39 Å². The second-order valence-electron chi connectivity index (χ2n) is 6.92. The summed E-state index contributed by atoms with van der Waals surface area (Å²) >= 11 is 3.41. The molecule has 0 saturated heterocycles. The van der Waals surface area contributed by atoms with Crippen LogP contribution in [0.3, 0.4) is 0 Å². The molecule has 0 spiro atoms. The van der Waals surface area contributed by atoms with Crippen molar-refractivity contribution in [1.82, 2.24) is 10.1 Å². The third kappa shape index (κ3) is 4.00. The molecule has 2 aromatic heterocycles. The summed E-state index contributed by atoms with van der Waals surface area (Å²) in [6, 6.07) is 14.6. The normalized spacial score (nSPS) is 12.9. The lowest BCUT2D eigenvalue weighted by Crippen LogP contribution is -2.17. The van der Waals surface area contributed by atoms with Crippen molar-refractivity contribution in [3.05, 3.63) is 76.1 Å². The molecule has 6 nitrogen and oxygen atoms in total. The van der Waals surface area contributed by atoms with E-state index >= 15 is 0 Å². The highest BCUT2D eigenvalue weighted by atomic mass is 79.9. The Morgan fingerprint density at radius 3 is 2.70 bits per heavy atom. The van der Waals surface area contributed by atoms with Gasteiger partial charge in [-0.1, -0.05) is 45.4 Å². The van der Waals surface area contributed by atoms with E-state index in [1.807, 2.05) is 42.5 Å². The Hall–Kier alpha value is -2.62. The van der Waals surface area contributed by atoms with Crippen LogP contribution in [-0.4, -0.2) is 24.8 Å². The molecule has 2 N–H and O–H groups in total. The van der Waals surface area contributed by atoms with E-state index in [2.05, 4.69) is 26.1 Å². The molecule has 4 rings (SSSR count). The van der Waals surface area contributed by atoms with Gasteiger partial charge < -0.3 is 10.3 Å². The number of hydrogen-bond acceptors (Lipinski definition) is 6. The molecule has 154 valence electrons. The van der Waals surface area contributed by atoms with E-state index in [1.165, 1.54) is 0 Å². The van der Waals surface area contributed by atoms with Crippen molar-refractivity contribution in [1.29, 1.82) is 0 Å². The van der Waals surface area contributed by atoms with Gasteiger partial charge in [-0.15, -0.1) is 0 Å². The van der Waals surface area contributed by atoms with E-state index in [0.717, 1.165) is 39.4 Å². The predicted octanol–water partition coefficient (Wildman–Crippen LogP) is 4.44. The van der Waals surface area contributed by atoms with E-state index in [4.69, 9.17) is 10.3 Å². The molecule has 0 aliphatic carbocycles. The number of aromatic nitrogens is 2. The zero-order valence-electron chi connectivity index (χ0n) is 15.8. The molecule has 2 aromatic carbocycles. The Labute approximate surface area is 181 Å². The Kier molecular flexibility index (Phi) is 5.44. The molecular formula is C21H17BrFN3O3S. The molecule has 4 aromatic rings. The Balaban J connectivity index is 1.74. The first kappa shape index (κ1) is 20.6. The number of nitrogens with zero attached hydrogens (tertiary/aromatic N) is 2. The van der Waals surface area contributed by atoms with E-state index in [1.54, 1.807) is 0 Å². The summed E-state index contributed by atoms with van der Waals surface area (Å²) in [7, 11) is -3.56. The first-order valence-electron chi connectivity index (χ1n) is 8.99. The van der Waals surface area contributed by atoms with Crippen molar-refractivity contribution < 1.29 is 17.3 Å². The van der Waals surface area contributed by atoms with E-state index < -0.39 is 21.7 Å². The van der Waals surface area contributed by atoms with Crippen molar-refractivity contribution in [3.8, 4) is 11.3 Å². The van der Waals surface area contributed by atoms with Crippen molar-refractivity contribution in [2.24, 2.45) is 5.73 Å². The molecule has 0 radical (unpaired) electrons. The van der Waals surface area contributed by atoms with Crippen LogP contribution < -0.4 is 5.73 Å². The van der Waals surface area contributed by atoms with Gasteiger partial charge in [-0.25, -0.2) is 17.8 Å². The average molecular weight is 490 g/mol. The summed E-state index contributed by atoms with van der Waals surface area (Å²) in [4.78, 5) is 3.98. The first-order valence-corrected chi connectivity index (χ1v) is 11.7. The number of benzene rings is 2. The summed E-state index contributed by atoms with van der Waals surface area (Å²) < 4.78 is 44.2. The summed E-state index contributed by atoms with van der Waals surface area (Å²) in [5.74, 6) is -0.605. The summed E-state index contributed by atoms with van der Waals surface area (Å²) in [5.41, 5.74) is 9.13. The molecule has 0 bridgehead atoms. The van der Waals surface area contributed by atoms with Gasteiger partial charge in [-0.2, -0.15) is 0 Å². The lowest BCUT2D eigenvalue weighted by Gasteiger charge is -2.16. The van der Waals surface area contributed by atoms with Crippen molar-refractivity contribution in [2.75, 3.05) is 6.26 Å². The molecule has 0 saturated carbocycles. The minimum atomic E-state index is -3.56. The van der Waals surface area contributed by atoms with Gasteiger partial charge in [-0.05, 0) is 35.9 Å². The molecule has 1 unspecified atom stereocenters. The fourth-order valence-corrected chi connectivity index (χ4v) is 4.21.